The van der Waals surface area contributed by atoms with E-state index in [-0.39, 0.29) is 5.69 Å². The lowest BCUT2D eigenvalue weighted by molar-refractivity contribution is 0.111. The summed E-state index contributed by atoms with van der Waals surface area (Å²) in [4.78, 5) is 14.2. The summed E-state index contributed by atoms with van der Waals surface area (Å²) in [6, 6.07) is 3.34. The van der Waals surface area contributed by atoms with Crippen LogP contribution in [0.25, 0.3) is 5.52 Å². The SMILES string of the molecule is Bc1ccn2c(C(F)F)nc(C=O)c2c1. The van der Waals surface area contributed by atoms with Crippen LogP contribution in [0.1, 0.15) is 22.7 Å². The quantitative estimate of drug-likeness (QED) is 0.526. The molecule has 0 saturated heterocycles. The van der Waals surface area contributed by atoms with Crippen LogP contribution in [-0.2, 0) is 0 Å². The number of fused-ring (bicyclic) bond motifs is 1. The molecule has 15 heavy (non-hydrogen) atoms. The van der Waals surface area contributed by atoms with Crippen LogP contribution in [0.4, 0.5) is 8.78 Å². The number of alkyl halides is 2. The summed E-state index contributed by atoms with van der Waals surface area (Å²) in [5, 5.41) is 0. The number of pyridine rings is 1. The molecule has 0 aliphatic rings. The topological polar surface area (TPSA) is 34.4 Å². The van der Waals surface area contributed by atoms with Crippen molar-refractivity contribution < 1.29 is 13.6 Å². The molecule has 0 spiro atoms. The van der Waals surface area contributed by atoms with Crippen molar-refractivity contribution in [1.29, 1.82) is 0 Å². The largest absolute Gasteiger partial charge is 0.298 e. The molecule has 0 fully saturated rings. The van der Waals surface area contributed by atoms with E-state index in [1.165, 1.54) is 10.6 Å². The Balaban J connectivity index is 2.80. The van der Waals surface area contributed by atoms with Crippen LogP contribution < -0.4 is 5.46 Å². The lowest BCUT2D eigenvalue weighted by Gasteiger charge is -1.99. The molecule has 0 unspecified atom stereocenters. The van der Waals surface area contributed by atoms with Gasteiger partial charge in [0.25, 0.3) is 6.43 Å². The van der Waals surface area contributed by atoms with E-state index in [0.29, 0.717) is 11.8 Å². The first-order chi connectivity index (χ1) is 7.13. The normalized spacial score (nSPS) is 11.1. The average Bonchev–Trinajstić information content (AvgIpc) is 2.55. The third-order valence-electron chi connectivity index (χ3n) is 2.16. The van der Waals surface area contributed by atoms with E-state index < -0.39 is 12.2 Å². The highest BCUT2D eigenvalue weighted by Crippen LogP contribution is 2.20. The zero-order valence-electron chi connectivity index (χ0n) is 7.95. The Morgan fingerprint density at radius 2 is 2.27 bits per heavy atom. The van der Waals surface area contributed by atoms with Crippen molar-refractivity contribution in [3.63, 3.8) is 0 Å². The standard InChI is InChI=1S/C9H7BF2N2O/c10-5-1-2-14-7(3-5)6(4-15)13-9(14)8(11)12/h1-4,8H,10H2. The van der Waals surface area contributed by atoms with Gasteiger partial charge >= 0.3 is 0 Å². The summed E-state index contributed by atoms with van der Waals surface area (Å²) in [6.45, 7) is 0. The number of hydrogen-bond donors (Lipinski definition) is 0. The van der Waals surface area contributed by atoms with Gasteiger partial charge in [0.05, 0.1) is 5.52 Å². The minimum atomic E-state index is -2.69. The van der Waals surface area contributed by atoms with Crippen LogP contribution in [0.3, 0.4) is 0 Å². The number of carbonyl (C=O) groups is 1. The van der Waals surface area contributed by atoms with Crippen molar-refractivity contribution >= 4 is 25.1 Å². The van der Waals surface area contributed by atoms with E-state index in [4.69, 9.17) is 0 Å². The molecule has 0 aromatic carbocycles. The number of halogens is 2. The Labute approximate surface area is 85.1 Å². The number of aromatic nitrogens is 2. The summed E-state index contributed by atoms with van der Waals surface area (Å²) >= 11 is 0. The number of nitrogens with zero attached hydrogens (tertiary/aromatic N) is 2. The van der Waals surface area contributed by atoms with E-state index in [1.807, 2.05) is 7.85 Å². The van der Waals surface area contributed by atoms with Crippen molar-refractivity contribution in [3.05, 3.63) is 29.8 Å². The van der Waals surface area contributed by atoms with Gasteiger partial charge in [0.1, 0.15) is 13.5 Å². The predicted octanol–water partition coefficient (Wildman–Crippen LogP) is 0.343. The molecule has 0 saturated carbocycles. The van der Waals surface area contributed by atoms with E-state index in [2.05, 4.69) is 4.98 Å². The maximum Gasteiger partial charge on any atom is 0.295 e. The lowest BCUT2D eigenvalue weighted by atomic mass is 9.97. The number of hydrogen-bond acceptors (Lipinski definition) is 2. The molecule has 2 rings (SSSR count). The van der Waals surface area contributed by atoms with Gasteiger partial charge in [-0.25, -0.2) is 13.8 Å². The van der Waals surface area contributed by atoms with Gasteiger partial charge in [0, 0.05) is 6.20 Å². The van der Waals surface area contributed by atoms with Gasteiger partial charge in [-0.05, 0) is 6.07 Å². The second-order valence-electron chi connectivity index (χ2n) is 3.23. The molecule has 76 valence electrons. The van der Waals surface area contributed by atoms with Gasteiger partial charge in [-0.2, -0.15) is 0 Å². The zero-order valence-corrected chi connectivity index (χ0v) is 7.95. The molecule has 2 aromatic heterocycles. The molecule has 3 nitrogen and oxygen atoms in total. The number of imidazole rings is 1. The van der Waals surface area contributed by atoms with Crippen molar-refractivity contribution in [2.45, 2.75) is 6.43 Å². The lowest BCUT2D eigenvalue weighted by Crippen LogP contribution is -2.04. The van der Waals surface area contributed by atoms with Crippen LogP contribution in [0, 0.1) is 0 Å². The average molecular weight is 208 g/mol. The second kappa shape index (κ2) is 3.45. The summed E-state index contributed by atoms with van der Waals surface area (Å²) < 4.78 is 26.3. The Bertz CT molecular complexity index is 524. The van der Waals surface area contributed by atoms with Crippen molar-refractivity contribution in [3.8, 4) is 0 Å². The van der Waals surface area contributed by atoms with Gasteiger partial charge in [-0.3, -0.25) is 9.20 Å². The Kier molecular flexibility index (Phi) is 2.26. The number of aldehydes is 1. The smallest absolute Gasteiger partial charge is 0.295 e. The third-order valence-corrected chi connectivity index (χ3v) is 2.16. The van der Waals surface area contributed by atoms with Crippen molar-refractivity contribution in [1.82, 2.24) is 9.38 Å². The number of rotatable bonds is 2. The zero-order chi connectivity index (χ0) is 11.0. The molecular formula is C9H7BF2N2O. The maximum absolute atomic E-state index is 12.5. The minimum Gasteiger partial charge on any atom is -0.298 e. The highest BCUT2D eigenvalue weighted by molar-refractivity contribution is 6.32. The van der Waals surface area contributed by atoms with E-state index in [9.17, 15) is 13.6 Å². The fourth-order valence-electron chi connectivity index (χ4n) is 1.48. The summed E-state index contributed by atoms with van der Waals surface area (Å²) in [7, 11) is 1.82. The third kappa shape index (κ3) is 1.52. The Morgan fingerprint density at radius 3 is 2.87 bits per heavy atom. The highest BCUT2D eigenvalue weighted by atomic mass is 19.3. The fourth-order valence-corrected chi connectivity index (χ4v) is 1.48. The number of carbonyl (C=O) groups excluding carboxylic acids is 1. The summed E-state index contributed by atoms with van der Waals surface area (Å²) in [5.41, 5.74) is 1.36. The van der Waals surface area contributed by atoms with E-state index in [1.54, 1.807) is 12.1 Å². The summed E-state index contributed by atoms with van der Waals surface area (Å²) in [5.74, 6) is -0.396. The summed E-state index contributed by atoms with van der Waals surface area (Å²) in [6.07, 6.45) is -0.707. The first-order valence-corrected chi connectivity index (χ1v) is 4.35. The molecule has 2 aromatic rings. The van der Waals surface area contributed by atoms with Crippen molar-refractivity contribution in [2.75, 3.05) is 0 Å². The van der Waals surface area contributed by atoms with Gasteiger partial charge in [-0.15, -0.1) is 0 Å². The van der Waals surface area contributed by atoms with Crippen LogP contribution in [0.15, 0.2) is 18.3 Å². The molecule has 0 bridgehead atoms. The molecule has 0 radical (unpaired) electrons. The first-order valence-electron chi connectivity index (χ1n) is 4.35. The first kappa shape index (κ1) is 9.83. The van der Waals surface area contributed by atoms with Crippen LogP contribution in [0.2, 0.25) is 0 Å². The Morgan fingerprint density at radius 1 is 1.53 bits per heavy atom. The highest BCUT2D eigenvalue weighted by Gasteiger charge is 2.17. The monoisotopic (exact) mass is 208 g/mol. The predicted molar refractivity (Wildman–Crippen MR) is 53.7 cm³/mol. The molecule has 0 atom stereocenters. The fraction of sp³-hybridized carbons (Fsp3) is 0.111. The van der Waals surface area contributed by atoms with Gasteiger partial charge < -0.3 is 0 Å². The van der Waals surface area contributed by atoms with Crippen LogP contribution in [-0.4, -0.2) is 23.5 Å². The second-order valence-corrected chi connectivity index (χ2v) is 3.23. The maximum atomic E-state index is 12.5. The van der Waals surface area contributed by atoms with Gasteiger partial charge in [-0.1, -0.05) is 11.5 Å². The molecule has 6 heteroatoms. The molecule has 0 N–H and O–H groups in total. The molecule has 2 heterocycles. The van der Waals surface area contributed by atoms with E-state index in [0.717, 1.165) is 5.46 Å². The molecule has 0 aliphatic carbocycles. The molecule has 0 amide bonds. The van der Waals surface area contributed by atoms with Gasteiger partial charge in [0.15, 0.2) is 12.1 Å². The van der Waals surface area contributed by atoms with Crippen LogP contribution in [0.5, 0.6) is 0 Å². The van der Waals surface area contributed by atoms with Crippen LogP contribution >= 0.6 is 0 Å². The van der Waals surface area contributed by atoms with Crippen molar-refractivity contribution in [2.24, 2.45) is 0 Å². The van der Waals surface area contributed by atoms with Gasteiger partial charge in [0.2, 0.25) is 0 Å². The molecule has 0 aliphatic heterocycles. The van der Waals surface area contributed by atoms with E-state index >= 15 is 0 Å². The minimum absolute atomic E-state index is 0.0500. The molecular weight excluding hydrogens is 201 g/mol. The Hall–Kier alpha value is -1.72.